The van der Waals surface area contributed by atoms with E-state index in [2.05, 4.69) is 202 Å². The second-order valence-corrected chi connectivity index (χ2v) is 15.8. The number of fused-ring (bicyclic) bond motifs is 12. The summed E-state index contributed by atoms with van der Waals surface area (Å²) in [5, 5.41) is 9.73. The normalized spacial score (nSPS) is 11.9. The Labute approximate surface area is 350 Å². The van der Waals surface area contributed by atoms with E-state index >= 15 is 0 Å². The zero-order chi connectivity index (χ0) is 40.0. The van der Waals surface area contributed by atoms with Crippen molar-refractivity contribution in [3.63, 3.8) is 0 Å². The Bertz CT molecular complexity index is 3790. The predicted molar refractivity (Wildman–Crippen MR) is 253 cm³/mol. The maximum atomic E-state index is 5.34. The second kappa shape index (κ2) is 13.1. The number of nitrogens with zero attached hydrogens (tertiary/aromatic N) is 5. The number of benzene rings is 9. The van der Waals surface area contributed by atoms with Gasteiger partial charge < -0.3 is 9.13 Å². The number of hydrogen-bond donors (Lipinski definition) is 0. The molecule has 0 unspecified atom stereocenters. The van der Waals surface area contributed by atoms with Gasteiger partial charge in [0.25, 0.3) is 0 Å². The van der Waals surface area contributed by atoms with Crippen molar-refractivity contribution in [1.29, 1.82) is 0 Å². The lowest BCUT2D eigenvalue weighted by molar-refractivity contribution is 1.05. The highest BCUT2D eigenvalue weighted by Gasteiger charge is 2.24. The van der Waals surface area contributed by atoms with Gasteiger partial charge in [0.15, 0.2) is 5.82 Å². The van der Waals surface area contributed by atoms with E-state index in [9.17, 15) is 0 Å². The zero-order valence-corrected chi connectivity index (χ0v) is 32.9. The smallest absolute Gasteiger partial charge is 0.162 e. The molecule has 0 spiro atoms. The summed E-state index contributed by atoms with van der Waals surface area (Å²) in [6.45, 7) is 0. The van der Waals surface area contributed by atoms with Crippen LogP contribution < -0.4 is 0 Å². The summed E-state index contributed by atoms with van der Waals surface area (Å²) in [6.07, 6.45) is 0. The summed E-state index contributed by atoms with van der Waals surface area (Å²) in [7, 11) is 0. The first-order valence-electron chi connectivity index (χ1n) is 20.8. The summed E-state index contributed by atoms with van der Waals surface area (Å²) in [6, 6.07) is 76.0. The first kappa shape index (κ1) is 33.7. The van der Waals surface area contributed by atoms with Crippen LogP contribution in [0.5, 0.6) is 0 Å². The molecule has 5 heteroatoms. The molecule has 0 amide bonds. The van der Waals surface area contributed by atoms with Crippen molar-refractivity contribution in [1.82, 2.24) is 23.7 Å². The molecule has 4 aromatic heterocycles. The molecule has 9 aromatic carbocycles. The Balaban J connectivity index is 1.19. The van der Waals surface area contributed by atoms with Crippen LogP contribution >= 0.6 is 0 Å². The lowest BCUT2D eigenvalue weighted by Gasteiger charge is -2.12. The van der Waals surface area contributed by atoms with Gasteiger partial charge in [-0.05, 0) is 66.0 Å². The minimum Gasteiger partial charge on any atom is -0.309 e. The molecule has 0 aliphatic carbocycles. The van der Waals surface area contributed by atoms with Crippen molar-refractivity contribution in [2.75, 3.05) is 0 Å². The van der Waals surface area contributed by atoms with Crippen LogP contribution in [0.1, 0.15) is 0 Å². The largest absolute Gasteiger partial charge is 0.309 e. The van der Waals surface area contributed by atoms with Crippen LogP contribution in [0, 0.1) is 0 Å². The van der Waals surface area contributed by atoms with Gasteiger partial charge in [0.05, 0.1) is 38.8 Å². The molecule has 0 bridgehead atoms. The fourth-order valence-corrected chi connectivity index (χ4v) is 9.82. The van der Waals surface area contributed by atoms with E-state index in [1.807, 2.05) is 24.3 Å². The highest BCUT2D eigenvalue weighted by Crippen LogP contribution is 2.46. The summed E-state index contributed by atoms with van der Waals surface area (Å²) in [4.78, 5) is 10.5. The van der Waals surface area contributed by atoms with E-state index in [1.165, 1.54) is 59.6 Å². The Morgan fingerprint density at radius 1 is 0.295 bits per heavy atom. The van der Waals surface area contributed by atoms with E-state index in [4.69, 9.17) is 9.97 Å². The molecule has 61 heavy (non-hydrogen) atoms. The average Bonchev–Trinajstić information content (AvgIpc) is 3.97. The summed E-state index contributed by atoms with van der Waals surface area (Å²) in [5.41, 5.74) is 12.1. The van der Waals surface area contributed by atoms with Gasteiger partial charge in [-0.3, -0.25) is 4.57 Å². The molecule has 4 heterocycles. The molecule has 0 saturated heterocycles. The molecule has 13 rings (SSSR count). The van der Waals surface area contributed by atoms with Crippen LogP contribution in [0.2, 0.25) is 0 Å². The van der Waals surface area contributed by atoms with Gasteiger partial charge in [-0.15, -0.1) is 0 Å². The Morgan fingerprint density at radius 2 is 0.803 bits per heavy atom. The molecule has 284 valence electrons. The van der Waals surface area contributed by atoms with E-state index in [0.717, 1.165) is 50.6 Å². The van der Waals surface area contributed by atoms with Crippen molar-refractivity contribution in [3.8, 4) is 39.8 Å². The van der Waals surface area contributed by atoms with E-state index in [1.54, 1.807) is 0 Å². The predicted octanol–water partition coefficient (Wildman–Crippen LogP) is 14.3. The topological polar surface area (TPSA) is 40.6 Å². The van der Waals surface area contributed by atoms with Crippen molar-refractivity contribution in [3.05, 3.63) is 212 Å². The summed E-state index contributed by atoms with van der Waals surface area (Å²) in [5.74, 6) is 1.52. The fourth-order valence-electron chi connectivity index (χ4n) is 9.82. The van der Waals surface area contributed by atoms with Crippen molar-refractivity contribution < 1.29 is 0 Å². The Hall–Kier alpha value is -8.28. The molecule has 0 aliphatic heterocycles. The first-order chi connectivity index (χ1) is 30.3. The molecule has 0 N–H and O–H groups in total. The van der Waals surface area contributed by atoms with Crippen LogP contribution in [-0.4, -0.2) is 23.7 Å². The van der Waals surface area contributed by atoms with Gasteiger partial charge in [-0.1, -0.05) is 146 Å². The molecule has 13 aromatic rings. The standard InChI is InChI=1S/C56H35N5/c1-5-17-36(18-6-1)45-34-52(58-56(57-45)38-19-7-2-8-20-38)61-47-28-16-14-26-42(47)54-49(61)32-30-37-29-31-48-55(53(37)54)44-33-43-41-25-13-15-27-46(41)59(39-21-9-3-10-22-39)50(43)35-51(44)60(48)40-23-11-4-12-24-40/h1-35H. The van der Waals surface area contributed by atoms with Crippen LogP contribution in [0.3, 0.4) is 0 Å². The minimum absolute atomic E-state index is 0.690. The molecule has 0 saturated carbocycles. The molecular weight excluding hydrogens is 743 g/mol. The first-order valence-corrected chi connectivity index (χ1v) is 20.8. The highest BCUT2D eigenvalue weighted by molar-refractivity contribution is 6.34. The van der Waals surface area contributed by atoms with E-state index < -0.39 is 0 Å². The average molecular weight is 778 g/mol. The maximum Gasteiger partial charge on any atom is 0.162 e. The third-order valence-electron chi connectivity index (χ3n) is 12.4. The van der Waals surface area contributed by atoms with Crippen LogP contribution in [0.25, 0.3) is 116 Å². The zero-order valence-electron chi connectivity index (χ0n) is 32.9. The summed E-state index contributed by atoms with van der Waals surface area (Å²) >= 11 is 0. The molecular formula is C56H35N5. The van der Waals surface area contributed by atoms with Gasteiger partial charge in [0.1, 0.15) is 5.82 Å². The molecule has 0 atom stereocenters. The molecule has 0 radical (unpaired) electrons. The molecule has 0 fully saturated rings. The van der Waals surface area contributed by atoms with Crippen molar-refractivity contribution >= 4 is 76.2 Å². The number of aromatic nitrogens is 5. The highest BCUT2D eigenvalue weighted by atomic mass is 15.1. The van der Waals surface area contributed by atoms with E-state index in [-0.39, 0.29) is 0 Å². The maximum absolute atomic E-state index is 5.34. The Kier molecular flexibility index (Phi) is 7.24. The fraction of sp³-hybridized carbons (Fsp3) is 0. The molecule has 0 aliphatic rings. The lowest BCUT2D eigenvalue weighted by atomic mass is 9.98. The van der Waals surface area contributed by atoms with Gasteiger partial charge in [0, 0.05) is 66.3 Å². The Morgan fingerprint density at radius 3 is 1.48 bits per heavy atom. The van der Waals surface area contributed by atoms with E-state index in [0.29, 0.717) is 5.82 Å². The van der Waals surface area contributed by atoms with Crippen molar-refractivity contribution in [2.45, 2.75) is 0 Å². The SMILES string of the molecule is c1ccc(-c2cc(-n3c4ccccc4c4c5c(ccc6c5c5cc7c8ccccc8n(-c8ccccc8)c7cc5n6-c5ccccc5)ccc43)nc(-c3ccccc3)n2)cc1. The third kappa shape index (κ3) is 5.01. The van der Waals surface area contributed by atoms with Gasteiger partial charge >= 0.3 is 0 Å². The molecule has 5 nitrogen and oxygen atoms in total. The van der Waals surface area contributed by atoms with Gasteiger partial charge in [-0.2, -0.15) is 0 Å². The van der Waals surface area contributed by atoms with Crippen LogP contribution in [0.15, 0.2) is 212 Å². The number of hydrogen-bond acceptors (Lipinski definition) is 2. The minimum atomic E-state index is 0.690. The monoisotopic (exact) mass is 777 g/mol. The summed E-state index contributed by atoms with van der Waals surface area (Å²) < 4.78 is 7.21. The lowest BCUT2D eigenvalue weighted by Crippen LogP contribution is -2.02. The van der Waals surface area contributed by atoms with Crippen molar-refractivity contribution in [2.24, 2.45) is 0 Å². The number of para-hydroxylation sites is 4. The van der Waals surface area contributed by atoms with Crippen LogP contribution in [0.4, 0.5) is 0 Å². The second-order valence-electron chi connectivity index (χ2n) is 15.8. The van der Waals surface area contributed by atoms with Gasteiger partial charge in [-0.25, -0.2) is 9.97 Å². The number of rotatable bonds is 5. The quantitative estimate of drug-likeness (QED) is 0.175. The van der Waals surface area contributed by atoms with Gasteiger partial charge in [0.2, 0.25) is 0 Å². The third-order valence-corrected chi connectivity index (χ3v) is 12.4. The van der Waals surface area contributed by atoms with Crippen LogP contribution in [-0.2, 0) is 0 Å².